The Hall–Kier alpha value is -2.99. The minimum Gasteiger partial charge on any atom is -0.480 e. The highest BCUT2D eigenvalue weighted by molar-refractivity contribution is 7.99. The van der Waals surface area contributed by atoms with E-state index in [9.17, 15) is 24.3 Å². The molecule has 0 saturated carbocycles. The molecular formula is C22H22Cl2N4O6S. The molecule has 1 aromatic carbocycles. The molecule has 5 N–H and O–H groups in total. The standard InChI is InChI=1S/C22H22Cl2N4O6S/c23-14-6-12(8-25-18(29)4-3-13-2-1-5-34-13)7-15(24)19(14)21(31)28-16(22(32)33)9-26-20(30)17-10-35-11-27-17/h1-7,16-17,27H,8-11H2,(H,25,29)(H,26,30)(H,28,31)(H,32,33). The largest absolute Gasteiger partial charge is 0.480 e. The molecule has 3 amide bonds. The summed E-state index contributed by atoms with van der Waals surface area (Å²) in [4.78, 5) is 48.4. The van der Waals surface area contributed by atoms with Crippen LogP contribution >= 0.6 is 35.0 Å². The zero-order chi connectivity index (χ0) is 25.4. The van der Waals surface area contributed by atoms with Crippen molar-refractivity contribution in [3.8, 4) is 0 Å². The van der Waals surface area contributed by atoms with Crippen LogP contribution in [0.1, 0.15) is 21.7 Å². The molecule has 0 bridgehead atoms. The number of carboxylic acid groups (broad SMARTS) is 1. The topological polar surface area (TPSA) is 150 Å². The second kappa shape index (κ2) is 12.6. The summed E-state index contributed by atoms with van der Waals surface area (Å²) in [5, 5.41) is 19.9. The first-order chi connectivity index (χ1) is 16.7. The van der Waals surface area contributed by atoms with E-state index in [1.807, 2.05) is 0 Å². The van der Waals surface area contributed by atoms with Gasteiger partial charge in [-0.05, 0) is 35.9 Å². The van der Waals surface area contributed by atoms with Crippen molar-refractivity contribution in [2.75, 3.05) is 18.2 Å². The van der Waals surface area contributed by atoms with Gasteiger partial charge in [0.1, 0.15) is 11.8 Å². The van der Waals surface area contributed by atoms with Gasteiger partial charge in [-0.3, -0.25) is 19.7 Å². The molecule has 0 radical (unpaired) electrons. The molecule has 186 valence electrons. The Labute approximate surface area is 214 Å². The average Bonchev–Trinajstić information content (AvgIpc) is 3.52. The summed E-state index contributed by atoms with van der Waals surface area (Å²) >= 11 is 14.0. The van der Waals surface area contributed by atoms with Gasteiger partial charge in [-0.15, -0.1) is 11.8 Å². The summed E-state index contributed by atoms with van der Waals surface area (Å²) in [7, 11) is 0. The third-order valence-corrected chi connectivity index (χ3v) is 6.39. The predicted octanol–water partition coefficient (Wildman–Crippen LogP) is 1.88. The number of thioether (sulfide) groups is 1. The Balaban J connectivity index is 1.58. The fraction of sp³-hybridized carbons (Fsp3) is 0.273. The number of furan rings is 1. The molecule has 1 saturated heterocycles. The van der Waals surface area contributed by atoms with E-state index in [0.717, 1.165) is 0 Å². The van der Waals surface area contributed by atoms with Gasteiger partial charge < -0.3 is 25.5 Å². The lowest BCUT2D eigenvalue weighted by molar-refractivity contribution is -0.139. The van der Waals surface area contributed by atoms with Crippen LogP contribution in [0.3, 0.4) is 0 Å². The van der Waals surface area contributed by atoms with Crippen molar-refractivity contribution in [3.05, 3.63) is 63.5 Å². The van der Waals surface area contributed by atoms with E-state index >= 15 is 0 Å². The van der Waals surface area contributed by atoms with Gasteiger partial charge in [-0.2, -0.15) is 0 Å². The van der Waals surface area contributed by atoms with E-state index in [0.29, 0.717) is 23.0 Å². The van der Waals surface area contributed by atoms with Crippen molar-refractivity contribution in [2.24, 2.45) is 0 Å². The van der Waals surface area contributed by atoms with Crippen LogP contribution in [0.25, 0.3) is 6.08 Å². The van der Waals surface area contributed by atoms with Gasteiger partial charge in [-0.25, -0.2) is 4.79 Å². The maximum atomic E-state index is 12.7. The first-order valence-corrected chi connectivity index (χ1v) is 12.3. The molecule has 1 aliphatic rings. The predicted molar refractivity (Wildman–Crippen MR) is 132 cm³/mol. The van der Waals surface area contributed by atoms with E-state index in [4.69, 9.17) is 27.6 Å². The van der Waals surface area contributed by atoms with Crippen LogP contribution in [0.15, 0.2) is 41.0 Å². The number of nitrogens with one attached hydrogen (secondary N) is 4. The molecule has 3 rings (SSSR count). The Morgan fingerprint density at radius 2 is 1.97 bits per heavy atom. The zero-order valence-corrected chi connectivity index (χ0v) is 20.5. The lowest BCUT2D eigenvalue weighted by Crippen LogP contribution is -2.51. The van der Waals surface area contributed by atoms with Crippen molar-refractivity contribution in [3.63, 3.8) is 0 Å². The first-order valence-electron chi connectivity index (χ1n) is 10.3. The van der Waals surface area contributed by atoms with Crippen LogP contribution in [0.4, 0.5) is 0 Å². The lowest BCUT2D eigenvalue weighted by Gasteiger charge is -2.18. The van der Waals surface area contributed by atoms with Gasteiger partial charge >= 0.3 is 5.97 Å². The monoisotopic (exact) mass is 540 g/mol. The number of hydrogen-bond acceptors (Lipinski definition) is 7. The van der Waals surface area contributed by atoms with E-state index in [2.05, 4.69) is 21.3 Å². The molecule has 10 nitrogen and oxygen atoms in total. The number of carbonyl (C=O) groups is 4. The second-order valence-electron chi connectivity index (χ2n) is 7.38. The Morgan fingerprint density at radius 1 is 1.23 bits per heavy atom. The van der Waals surface area contributed by atoms with Crippen LogP contribution in [0, 0.1) is 0 Å². The van der Waals surface area contributed by atoms with Crippen LogP contribution in [-0.2, 0) is 20.9 Å². The number of halogens is 2. The van der Waals surface area contributed by atoms with E-state index in [1.54, 1.807) is 23.9 Å². The number of benzene rings is 1. The van der Waals surface area contributed by atoms with Crippen molar-refractivity contribution < 1.29 is 28.7 Å². The molecule has 13 heteroatoms. The van der Waals surface area contributed by atoms with Crippen LogP contribution in [-0.4, -0.2) is 59.1 Å². The summed E-state index contributed by atoms with van der Waals surface area (Å²) in [6, 6.07) is 4.47. The number of rotatable bonds is 10. The highest BCUT2D eigenvalue weighted by Crippen LogP contribution is 2.27. The summed E-state index contributed by atoms with van der Waals surface area (Å²) < 4.78 is 5.11. The molecule has 2 heterocycles. The van der Waals surface area contributed by atoms with Crippen LogP contribution in [0.5, 0.6) is 0 Å². The maximum Gasteiger partial charge on any atom is 0.328 e. The Bertz CT molecular complexity index is 1100. The minimum atomic E-state index is -1.40. The van der Waals surface area contributed by atoms with Crippen molar-refractivity contribution in [1.29, 1.82) is 0 Å². The van der Waals surface area contributed by atoms with E-state index in [1.165, 1.54) is 30.5 Å². The van der Waals surface area contributed by atoms with Crippen LogP contribution in [0.2, 0.25) is 10.0 Å². The maximum absolute atomic E-state index is 12.7. The number of hydrogen-bond donors (Lipinski definition) is 5. The summed E-state index contributed by atoms with van der Waals surface area (Å²) in [6.07, 6.45) is 4.30. The highest BCUT2D eigenvalue weighted by Gasteiger charge is 2.27. The molecule has 1 fully saturated rings. The average molecular weight is 541 g/mol. The molecule has 1 aromatic heterocycles. The molecule has 2 aromatic rings. The number of carboxylic acids is 1. The molecule has 0 spiro atoms. The molecule has 1 aliphatic heterocycles. The smallest absolute Gasteiger partial charge is 0.328 e. The zero-order valence-electron chi connectivity index (χ0n) is 18.2. The fourth-order valence-corrected chi connectivity index (χ4v) is 4.70. The Morgan fingerprint density at radius 3 is 2.57 bits per heavy atom. The SMILES string of the molecule is O=C(C=Cc1ccco1)NCc1cc(Cl)c(C(=O)NC(CNC(=O)C2CSCN2)C(=O)O)c(Cl)c1. The van der Waals surface area contributed by atoms with Crippen molar-refractivity contribution in [2.45, 2.75) is 18.6 Å². The van der Waals surface area contributed by atoms with Crippen molar-refractivity contribution >= 4 is 64.7 Å². The van der Waals surface area contributed by atoms with E-state index in [-0.39, 0.29) is 40.5 Å². The van der Waals surface area contributed by atoms with Crippen molar-refractivity contribution in [1.82, 2.24) is 21.3 Å². The molecule has 35 heavy (non-hydrogen) atoms. The summed E-state index contributed by atoms with van der Waals surface area (Å²) in [5.74, 6) is -1.14. The first kappa shape index (κ1) is 26.6. The van der Waals surface area contributed by atoms with Gasteiger partial charge in [0, 0.05) is 30.8 Å². The van der Waals surface area contributed by atoms with Gasteiger partial charge in [0.2, 0.25) is 11.8 Å². The van der Waals surface area contributed by atoms with Gasteiger partial charge in [0.05, 0.1) is 27.9 Å². The fourth-order valence-electron chi connectivity index (χ4n) is 3.06. The highest BCUT2D eigenvalue weighted by atomic mass is 35.5. The minimum absolute atomic E-state index is 0.0225. The number of carbonyl (C=O) groups excluding carboxylic acids is 3. The summed E-state index contributed by atoms with van der Waals surface area (Å²) in [5.41, 5.74) is 0.410. The third-order valence-electron chi connectivity index (χ3n) is 4.85. The third kappa shape index (κ3) is 7.76. The molecule has 2 atom stereocenters. The quantitative estimate of drug-likeness (QED) is 0.286. The number of aliphatic carboxylic acids is 1. The van der Waals surface area contributed by atoms with Gasteiger partial charge in [0.25, 0.3) is 5.91 Å². The molecule has 2 unspecified atom stereocenters. The Kier molecular flexibility index (Phi) is 9.61. The second-order valence-corrected chi connectivity index (χ2v) is 9.23. The number of amides is 3. The van der Waals surface area contributed by atoms with Gasteiger partial charge in [0.15, 0.2) is 0 Å². The molecule has 0 aliphatic carbocycles. The van der Waals surface area contributed by atoms with Gasteiger partial charge in [-0.1, -0.05) is 23.2 Å². The van der Waals surface area contributed by atoms with Crippen LogP contribution < -0.4 is 21.3 Å². The lowest BCUT2D eigenvalue weighted by atomic mass is 10.1. The summed E-state index contributed by atoms with van der Waals surface area (Å²) in [6.45, 7) is -0.229. The normalized spacial score (nSPS) is 16.1. The molecular weight excluding hydrogens is 519 g/mol. The van der Waals surface area contributed by atoms with E-state index < -0.39 is 24.0 Å².